The fourth-order valence-electron chi connectivity index (χ4n) is 1.96. The zero-order valence-electron chi connectivity index (χ0n) is 14.3. The molecule has 0 aliphatic carbocycles. The molecule has 2 aromatic carbocycles. The van der Waals surface area contributed by atoms with Gasteiger partial charge < -0.3 is 9.47 Å². The van der Waals surface area contributed by atoms with Crippen molar-refractivity contribution in [3.63, 3.8) is 0 Å². The maximum absolute atomic E-state index is 9.92. The highest BCUT2D eigenvalue weighted by molar-refractivity contribution is 7.65. The molecule has 4 heteroatoms. The molecule has 0 saturated heterocycles. The summed E-state index contributed by atoms with van der Waals surface area (Å²) >= 11 is 0.603. The molecule has 0 aliphatic rings. The van der Waals surface area contributed by atoms with Crippen molar-refractivity contribution in [2.45, 2.75) is 19.1 Å². The van der Waals surface area contributed by atoms with Crippen LogP contribution in [0.1, 0.15) is 24.0 Å². The van der Waals surface area contributed by atoms with E-state index in [-0.39, 0.29) is 6.29 Å². The van der Waals surface area contributed by atoms with Crippen LogP contribution in [0.25, 0.3) is 12.2 Å². The highest BCUT2D eigenvalue weighted by atomic mass is 32.1. The quantitative estimate of drug-likeness (QED) is 0.302. The molecule has 0 heterocycles. The van der Waals surface area contributed by atoms with Gasteiger partial charge in [-0.2, -0.15) is 0 Å². The van der Waals surface area contributed by atoms with E-state index in [1.165, 1.54) is 11.1 Å². The molecule has 24 heavy (non-hydrogen) atoms. The summed E-state index contributed by atoms with van der Waals surface area (Å²) in [5, 5.41) is 0. The normalized spacial score (nSPS) is 10.5. The standard InChI is InChI=1S/C14H12.C6H13O3S/c1-3-7-13(8-4-1)11-12-14-9-5-2-6-10-14;1-8-6(9-2)4-3-5-10-7/h1-12H;6H,3-5H2,1-2H3/q;+1. The minimum atomic E-state index is -0.146. The maximum Gasteiger partial charge on any atom is 0.458 e. The molecule has 128 valence electrons. The van der Waals surface area contributed by atoms with Gasteiger partial charge in [0, 0.05) is 31.3 Å². The van der Waals surface area contributed by atoms with Crippen LogP contribution in [0.4, 0.5) is 0 Å². The zero-order valence-corrected chi connectivity index (χ0v) is 15.1. The SMILES string of the molecule is C(=Cc1ccccc1)c1ccccc1.COC(CCC[S+]=O)OC. The van der Waals surface area contributed by atoms with Crippen LogP contribution in [0.2, 0.25) is 0 Å². The summed E-state index contributed by atoms with van der Waals surface area (Å²) in [6.07, 6.45) is 5.74. The van der Waals surface area contributed by atoms with Crippen molar-refractivity contribution < 1.29 is 13.7 Å². The van der Waals surface area contributed by atoms with Gasteiger partial charge in [0.05, 0.1) is 0 Å². The van der Waals surface area contributed by atoms with Crippen LogP contribution >= 0.6 is 0 Å². The van der Waals surface area contributed by atoms with Crippen molar-refractivity contribution in [1.82, 2.24) is 0 Å². The molecule has 0 N–H and O–H groups in total. The molecule has 0 unspecified atom stereocenters. The monoisotopic (exact) mass is 345 g/mol. The predicted octanol–water partition coefficient (Wildman–Crippen LogP) is 4.67. The predicted molar refractivity (Wildman–Crippen MR) is 102 cm³/mol. The van der Waals surface area contributed by atoms with E-state index in [0.717, 1.165) is 12.8 Å². The largest absolute Gasteiger partial charge is 0.458 e. The number of rotatable bonds is 8. The minimum Gasteiger partial charge on any atom is -0.356 e. The van der Waals surface area contributed by atoms with Crippen LogP contribution < -0.4 is 0 Å². The Morgan fingerprint density at radius 2 is 1.33 bits per heavy atom. The lowest BCUT2D eigenvalue weighted by molar-refractivity contribution is -0.106. The van der Waals surface area contributed by atoms with E-state index in [1.54, 1.807) is 14.2 Å². The third kappa shape index (κ3) is 9.30. The highest BCUT2D eigenvalue weighted by Gasteiger charge is 2.06. The van der Waals surface area contributed by atoms with E-state index in [1.807, 2.05) is 36.4 Å². The van der Waals surface area contributed by atoms with E-state index in [2.05, 4.69) is 36.4 Å². The van der Waals surface area contributed by atoms with Crippen molar-refractivity contribution in [3.05, 3.63) is 71.8 Å². The van der Waals surface area contributed by atoms with Gasteiger partial charge in [-0.25, -0.2) is 0 Å². The van der Waals surface area contributed by atoms with Gasteiger partial charge >= 0.3 is 11.7 Å². The fraction of sp³-hybridized carbons (Fsp3) is 0.300. The lowest BCUT2D eigenvalue weighted by Crippen LogP contribution is -2.12. The van der Waals surface area contributed by atoms with Crippen molar-refractivity contribution >= 4 is 23.8 Å². The molecule has 0 spiro atoms. The zero-order chi connectivity index (χ0) is 17.5. The number of benzene rings is 2. The lowest BCUT2D eigenvalue weighted by atomic mass is 10.1. The number of ether oxygens (including phenoxy) is 2. The van der Waals surface area contributed by atoms with Gasteiger partial charge in [-0.05, 0) is 11.1 Å². The second-order valence-electron chi connectivity index (χ2n) is 5.02. The van der Waals surface area contributed by atoms with Gasteiger partial charge in [-0.3, -0.25) is 0 Å². The molecule has 0 atom stereocenters. The molecular weight excluding hydrogens is 320 g/mol. The van der Waals surface area contributed by atoms with E-state index in [0.29, 0.717) is 17.4 Å². The summed E-state index contributed by atoms with van der Waals surface area (Å²) in [5.41, 5.74) is 2.47. The molecule has 0 aliphatic heterocycles. The van der Waals surface area contributed by atoms with E-state index in [4.69, 9.17) is 9.47 Å². The first-order valence-electron chi connectivity index (χ1n) is 7.88. The van der Waals surface area contributed by atoms with E-state index >= 15 is 0 Å². The Morgan fingerprint density at radius 3 is 1.71 bits per heavy atom. The summed E-state index contributed by atoms with van der Waals surface area (Å²) in [6, 6.07) is 20.6. The molecule has 0 radical (unpaired) electrons. The number of hydrogen-bond donors (Lipinski definition) is 0. The van der Waals surface area contributed by atoms with Gasteiger partial charge in [0.2, 0.25) is 5.75 Å². The molecule has 2 rings (SSSR count). The highest BCUT2D eigenvalue weighted by Crippen LogP contribution is 2.07. The summed E-state index contributed by atoms with van der Waals surface area (Å²) in [7, 11) is 3.19. The number of hydrogen-bond acceptors (Lipinski definition) is 3. The number of methoxy groups -OCH3 is 2. The Hall–Kier alpha value is -1.88. The molecule has 0 bridgehead atoms. The van der Waals surface area contributed by atoms with Crippen molar-refractivity contribution in [3.8, 4) is 0 Å². The first-order chi connectivity index (χ1) is 11.8. The van der Waals surface area contributed by atoms with Gasteiger partial charge in [-0.1, -0.05) is 72.8 Å². The van der Waals surface area contributed by atoms with Crippen LogP contribution in [0.5, 0.6) is 0 Å². The minimum absolute atomic E-state index is 0.146. The maximum atomic E-state index is 9.92. The Labute approximate surface area is 148 Å². The average Bonchev–Trinajstić information content (AvgIpc) is 2.66. The first-order valence-corrected chi connectivity index (χ1v) is 8.79. The molecule has 2 aromatic rings. The van der Waals surface area contributed by atoms with E-state index in [9.17, 15) is 4.21 Å². The van der Waals surface area contributed by atoms with Gasteiger partial charge in [-0.15, -0.1) is 0 Å². The lowest BCUT2D eigenvalue weighted by Gasteiger charge is -2.10. The van der Waals surface area contributed by atoms with Crippen LogP contribution in [0, 0.1) is 0 Å². The summed E-state index contributed by atoms with van der Waals surface area (Å²) in [5.74, 6) is 0.628. The Kier molecular flexibility index (Phi) is 11.4. The van der Waals surface area contributed by atoms with Crippen LogP contribution in [0.3, 0.4) is 0 Å². The topological polar surface area (TPSA) is 35.5 Å². The van der Waals surface area contributed by atoms with E-state index < -0.39 is 0 Å². The van der Waals surface area contributed by atoms with Crippen molar-refractivity contribution in [2.75, 3.05) is 20.0 Å². The third-order valence-electron chi connectivity index (χ3n) is 3.26. The summed E-state index contributed by atoms with van der Waals surface area (Å²) < 4.78 is 19.7. The van der Waals surface area contributed by atoms with Gasteiger partial charge in [0.25, 0.3) is 0 Å². The smallest absolute Gasteiger partial charge is 0.356 e. The third-order valence-corrected chi connectivity index (χ3v) is 3.72. The summed E-state index contributed by atoms with van der Waals surface area (Å²) in [4.78, 5) is 0. The van der Waals surface area contributed by atoms with Gasteiger partial charge in [0.15, 0.2) is 6.29 Å². The average molecular weight is 345 g/mol. The fourth-order valence-corrected chi connectivity index (χ4v) is 2.25. The molecular formula is C20H25O3S+. The first kappa shape index (κ1) is 20.2. The van der Waals surface area contributed by atoms with Gasteiger partial charge in [0.1, 0.15) is 0 Å². The Morgan fingerprint density at radius 1 is 0.875 bits per heavy atom. The van der Waals surface area contributed by atoms with Crippen molar-refractivity contribution in [1.29, 1.82) is 0 Å². The second kappa shape index (κ2) is 13.5. The Balaban J connectivity index is 0.000000257. The second-order valence-corrected chi connectivity index (χ2v) is 5.66. The van der Waals surface area contributed by atoms with Crippen LogP contribution in [-0.4, -0.2) is 26.3 Å². The molecule has 0 fully saturated rings. The molecule has 3 nitrogen and oxygen atoms in total. The van der Waals surface area contributed by atoms with Crippen LogP contribution in [0.15, 0.2) is 60.7 Å². The molecule has 0 saturated carbocycles. The van der Waals surface area contributed by atoms with Crippen molar-refractivity contribution in [2.24, 2.45) is 0 Å². The van der Waals surface area contributed by atoms with Crippen LogP contribution in [-0.2, 0) is 25.3 Å². The summed E-state index contributed by atoms with van der Waals surface area (Å²) in [6.45, 7) is 0. The molecule has 0 amide bonds. The molecule has 0 aromatic heterocycles. The Bertz CT molecular complexity index is 524.